The number of hydrogen-bond acceptors (Lipinski definition) is 6. The molecular formula is C29H33N3O6S. The topological polar surface area (TPSA) is 113 Å². The lowest BCUT2D eigenvalue weighted by molar-refractivity contribution is -0.139. The Labute approximate surface area is 229 Å². The summed E-state index contributed by atoms with van der Waals surface area (Å²) in [5, 5.41) is 2.64. The summed E-state index contributed by atoms with van der Waals surface area (Å²) in [5.41, 5.74) is 2.03. The predicted octanol–water partition coefficient (Wildman–Crippen LogP) is 3.05. The second-order valence-corrected chi connectivity index (χ2v) is 11.0. The molecule has 0 aliphatic heterocycles. The van der Waals surface area contributed by atoms with E-state index in [-0.39, 0.29) is 30.3 Å². The molecule has 0 saturated heterocycles. The zero-order chi connectivity index (χ0) is 28.6. The van der Waals surface area contributed by atoms with E-state index in [4.69, 9.17) is 4.74 Å². The number of benzene rings is 3. The number of likely N-dealkylation sites (N-methyl/N-ethyl adjacent to an activating group) is 1. The van der Waals surface area contributed by atoms with Gasteiger partial charge >= 0.3 is 0 Å². The molecule has 0 aliphatic carbocycles. The van der Waals surface area contributed by atoms with Crippen molar-refractivity contribution in [2.24, 2.45) is 0 Å². The molecule has 0 spiro atoms. The van der Waals surface area contributed by atoms with Gasteiger partial charge in [-0.15, -0.1) is 0 Å². The molecule has 0 radical (unpaired) electrons. The fourth-order valence-electron chi connectivity index (χ4n) is 4.18. The van der Waals surface area contributed by atoms with Crippen molar-refractivity contribution in [2.75, 3.05) is 31.3 Å². The maximum Gasteiger partial charge on any atom is 0.244 e. The van der Waals surface area contributed by atoms with E-state index in [0.717, 1.165) is 16.1 Å². The van der Waals surface area contributed by atoms with Gasteiger partial charge < -0.3 is 15.0 Å². The molecule has 1 atom stereocenters. The van der Waals surface area contributed by atoms with E-state index >= 15 is 0 Å². The van der Waals surface area contributed by atoms with E-state index in [1.54, 1.807) is 36.4 Å². The van der Waals surface area contributed by atoms with Crippen molar-refractivity contribution in [1.82, 2.24) is 10.2 Å². The lowest BCUT2D eigenvalue weighted by Gasteiger charge is -2.33. The molecule has 206 valence electrons. The van der Waals surface area contributed by atoms with Crippen molar-refractivity contribution in [3.8, 4) is 5.75 Å². The Morgan fingerprint density at radius 2 is 1.59 bits per heavy atom. The van der Waals surface area contributed by atoms with Crippen LogP contribution >= 0.6 is 0 Å². The van der Waals surface area contributed by atoms with Crippen LogP contribution in [0, 0.1) is 0 Å². The number of hydrogen-bond donors (Lipinski definition) is 1. The first-order chi connectivity index (χ1) is 18.5. The monoisotopic (exact) mass is 551 g/mol. The standard InChI is InChI=1S/C29H33N3O6S/c1-21(33)24-13-9-14-25(18-24)32(39(4,36)37)20-28(34)31(19-23-12-8-15-26(16-23)38-3)27(29(35)30-2)17-22-10-6-5-7-11-22/h5-16,18,27H,17,19-20H2,1-4H3,(H,30,35)/t27-/m1/s1. The average molecular weight is 552 g/mol. The summed E-state index contributed by atoms with van der Waals surface area (Å²) in [5.74, 6) is -0.627. The van der Waals surface area contributed by atoms with E-state index in [0.29, 0.717) is 16.9 Å². The molecule has 3 aromatic rings. The van der Waals surface area contributed by atoms with Crippen molar-refractivity contribution in [2.45, 2.75) is 25.9 Å². The highest BCUT2D eigenvalue weighted by molar-refractivity contribution is 7.92. The minimum absolute atomic E-state index is 0.0338. The zero-order valence-corrected chi connectivity index (χ0v) is 23.3. The Hall–Kier alpha value is -4.18. The molecule has 39 heavy (non-hydrogen) atoms. The highest BCUT2D eigenvalue weighted by atomic mass is 32.2. The molecule has 3 rings (SSSR count). The Morgan fingerprint density at radius 3 is 2.21 bits per heavy atom. The lowest BCUT2D eigenvalue weighted by Crippen LogP contribution is -2.52. The van der Waals surface area contributed by atoms with Gasteiger partial charge in [-0.1, -0.05) is 54.6 Å². The van der Waals surface area contributed by atoms with Crippen molar-refractivity contribution >= 4 is 33.3 Å². The number of ether oxygens (including phenoxy) is 1. The van der Waals surface area contributed by atoms with Gasteiger partial charge in [0.2, 0.25) is 21.8 Å². The van der Waals surface area contributed by atoms with Crippen LogP contribution in [0.5, 0.6) is 5.75 Å². The third kappa shape index (κ3) is 7.90. The number of anilines is 1. The summed E-state index contributed by atoms with van der Waals surface area (Å²) in [4.78, 5) is 40.4. The van der Waals surface area contributed by atoms with Crippen molar-refractivity contribution in [3.63, 3.8) is 0 Å². The van der Waals surface area contributed by atoms with Crippen LogP contribution in [0.25, 0.3) is 0 Å². The van der Waals surface area contributed by atoms with Gasteiger partial charge in [-0.3, -0.25) is 18.7 Å². The molecule has 0 aromatic heterocycles. The number of nitrogens with one attached hydrogen (secondary N) is 1. The minimum atomic E-state index is -3.93. The molecule has 0 aliphatic rings. The van der Waals surface area contributed by atoms with Crippen LogP contribution in [0.15, 0.2) is 78.9 Å². The van der Waals surface area contributed by atoms with Crippen LogP contribution in [0.2, 0.25) is 0 Å². The van der Waals surface area contributed by atoms with Gasteiger partial charge in [-0.25, -0.2) is 8.42 Å². The van der Waals surface area contributed by atoms with E-state index < -0.39 is 28.5 Å². The number of carbonyl (C=O) groups excluding carboxylic acids is 3. The molecule has 2 amide bonds. The van der Waals surface area contributed by atoms with Gasteiger partial charge in [-0.2, -0.15) is 0 Å². The second-order valence-electron chi connectivity index (χ2n) is 9.07. The smallest absolute Gasteiger partial charge is 0.244 e. The Kier molecular flexibility index (Phi) is 9.84. The largest absolute Gasteiger partial charge is 0.497 e. The summed E-state index contributed by atoms with van der Waals surface area (Å²) in [6.07, 6.45) is 1.21. The molecule has 1 N–H and O–H groups in total. The first-order valence-electron chi connectivity index (χ1n) is 12.3. The molecule has 0 bridgehead atoms. The quantitative estimate of drug-likeness (QED) is 0.346. The molecule has 0 heterocycles. The lowest BCUT2D eigenvalue weighted by atomic mass is 10.0. The molecular weight excluding hydrogens is 518 g/mol. The number of nitrogens with zero attached hydrogens (tertiary/aromatic N) is 2. The van der Waals surface area contributed by atoms with Crippen molar-refractivity contribution < 1.29 is 27.5 Å². The summed E-state index contributed by atoms with van der Waals surface area (Å²) in [6.45, 7) is 0.848. The first-order valence-corrected chi connectivity index (χ1v) is 14.1. The molecule has 0 fully saturated rings. The third-order valence-electron chi connectivity index (χ3n) is 6.22. The third-order valence-corrected chi connectivity index (χ3v) is 7.37. The van der Waals surface area contributed by atoms with Crippen LogP contribution in [0.1, 0.15) is 28.4 Å². The molecule has 9 nitrogen and oxygen atoms in total. The highest BCUT2D eigenvalue weighted by Gasteiger charge is 2.32. The van der Waals surface area contributed by atoms with Gasteiger partial charge in [0.15, 0.2) is 5.78 Å². The molecule has 0 saturated carbocycles. The Bertz CT molecular complexity index is 1430. The van der Waals surface area contributed by atoms with Gasteiger partial charge in [0.05, 0.1) is 19.1 Å². The van der Waals surface area contributed by atoms with Gasteiger partial charge in [0.1, 0.15) is 18.3 Å². The van der Waals surface area contributed by atoms with Crippen LogP contribution in [-0.4, -0.2) is 63.9 Å². The summed E-state index contributed by atoms with van der Waals surface area (Å²) < 4.78 is 31.9. The number of methoxy groups -OCH3 is 1. The van der Waals surface area contributed by atoms with Crippen LogP contribution in [0.4, 0.5) is 5.69 Å². The minimum Gasteiger partial charge on any atom is -0.497 e. The van der Waals surface area contributed by atoms with E-state index in [2.05, 4.69) is 5.32 Å². The molecule has 3 aromatic carbocycles. The number of rotatable bonds is 12. The van der Waals surface area contributed by atoms with Gasteiger partial charge in [0.25, 0.3) is 0 Å². The first kappa shape index (κ1) is 29.4. The summed E-state index contributed by atoms with van der Waals surface area (Å²) in [7, 11) is -0.907. The second kappa shape index (κ2) is 13.1. The number of sulfonamides is 1. The number of ketones is 1. The highest BCUT2D eigenvalue weighted by Crippen LogP contribution is 2.22. The van der Waals surface area contributed by atoms with E-state index in [1.807, 2.05) is 30.3 Å². The maximum atomic E-state index is 13.9. The van der Waals surface area contributed by atoms with Gasteiger partial charge in [0, 0.05) is 25.6 Å². The SMILES string of the molecule is CNC(=O)[C@@H](Cc1ccccc1)N(Cc1cccc(OC)c1)C(=O)CN(c1cccc(C(C)=O)c1)S(C)(=O)=O. The summed E-state index contributed by atoms with van der Waals surface area (Å²) >= 11 is 0. The number of Topliss-reactive ketones (excluding diaryl/α,β-unsaturated/α-hetero) is 1. The Balaban J connectivity index is 2.05. The van der Waals surface area contributed by atoms with Gasteiger partial charge in [-0.05, 0) is 42.3 Å². The maximum absolute atomic E-state index is 13.9. The number of amides is 2. The molecule has 10 heteroatoms. The van der Waals surface area contributed by atoms with Crippen LogP contribution < -0.4 is 14.4 Å². The normalized spacial score (nSPS) is 11.8. The fraction of sp³-hybridized carbons (Fsp3) is 0.276. The van der Waals surface area contributed by atoms with E-state index in [1.165, 1.54) is 38.1 Å². The fourth-order valence-corrected chi connectivity index (χ4v) is 5.02. The number of carbonyl (C=O) groups is 3. The van der Waals surface area contributed by atoms with Crippen LogP contribution in [0.3, 0.4) is 0 Å². The van der Waals surface area contributed by atoms with E-state index in [9.17, 15) is 22.8 Å². The summed E-state index contributed by atoms with van der Waals surface area (Å²) in [6, 6.07) is 21.5. The predicted molar refractivity (Wildman–Crippen MR) is 150 cm³/mol. The Morgan fingerprint density at radius 1 is 0.923 bits per heavy atom. The molecule has 0 unspecified atom stereocenters. The van der Waals surface area contributed by atoms with Crippen molar-refractivity contribution in [1.29, 1.82) is 0 Å². The zero-order valence-electron chi connectivity index (χ0n) is 22.5. The van der Waals surface area contributed by atoms with Crippen molar-refractivity contribution in [3.05, 3.63) is 95.6 Å². The average Bonchev–Trinajstić information content (AvgIpc) is 2.93. The van der Waals surface area contributed by atoms with Crippen LogP contribution in [-0.2, 0) is 32.6 Å².